The molecule has 1 aromatic carbocycles. The fourth-order valence-corrected chi connectivity index (χ4v) is 2.40. The third-order valence-electron chi connectivity index (χ3n) is 3.55. The lowest BCUT2D eigenvalue weighted by molar-refractivity contribution is 0.0707. The van der Waals surface area contributed by atoms with Crippen LogP contribution >= 0.6 is 0 Å². The Morgan fingerprint density at radius 1 is 1.33 bits per heavy atom. The Labute approximate surface area is 121 Å². The van der Waals surface area contributed by atoms with Gasteiger partial charge < -0.3 is 20.4 Å². The van der Waals surface area contributed by atoms with E-state index in [1.54, 1.807) is 35.4 Å². The molecular weight excluding hydrogens is 270 g/mol. The molecule has 21 heavy (non-hydrogen) atoms. The van der Waals surface area contributed by atoms with Crippen molar-refractivity contribution in [3.8, 4) is 0 Å². The molecule has 0 bridgehead atoms. The van der Waals surface area contributed by atoms with Crippen LogP contribution < -0.4 is 5.73 Å². The van der Waals surface area contributed by atoms with Crippen molar-refractivity contribution in [3.63, 3.8) is 0 Å². The van der Waals surface area contributed by atoms with E-state index in [4.69, 9.17) is 10.9 Å². The van der Waals surface area contributed by atoms with Crippen LogP contribution in [0, 0.1) is 0 Å². The molecule has 0 saturated heterocycles. The van der Waals surface area contributed by atoms with Gasteiger partial charge >= 0.3 is 0 Å². The zero-order valence-corrected chi connectivity index (χ0v) is 11.3. The number of amidine groups is 1. The van der Waals surface area contributed by atoms with Gasteiger partial charge in [-0.3, -0.25) is 4.79 Å². The molecule has 1 aliphatic rings. The first-order chi connectivity index (χ1) is 10.2. The second-order valence-electron chi connectivity index (χ2n) is 4.83. The van der Waals surface area contributed by atoms with Crippen LogP contribution in [-0.2, 0) is 13.1 Å². The molecule has 0 aliphatic carbocycles. The molecule has 3 rings (SSSR count). The van der Waals surface area contributed by atoms with Crippen molar-refractivity contribution in [2.24, 2.45) is 10.9 Å². The molecule has 7 nitrogen and oxygen atoms in total. The fourth-order valence-electron chi connectivity index (χ4n) is 2.40. The van der Waals surface area contributed by atoms with Gasteiger partial charge in [-0.1, -0.05) is 17.3 Å². The van der Waals surface area contributed by atoms with E-state index in [1.165, 1.54) is 0 Å². The van der Waals surface area contributed by atoms with Crippen LogP contribution in [0.1, 0.15) is 21.7 Å². The van der Waals surface area contributed by atoms with Gasteiger partial charge in [0.2, 0.25) is 0 Å². The number of hydrogen-bond donors (Lipinski definition) is 2. The standard InChI is InChI=1S/C14H15N5O2/c15-13(17-21)10-2-1-3-11(8-10)14(20)19-7-6-18-5-4-16-12(18)9-19/h1-5,8,21H,6-7,9H2,(H2,15,17). The smallest absolute Gasteiger partial charge is 0.254 e. The quantitative estimate of drug-likeness (QED) is 0.366. The number of oxime groups is 1. The summed E-state index contributed by atoms with van der Waals surface area (Å²) in [5, 5.41) is 11.7. The Hall–Kier alpha value is -2.83. The van der Waals surface area contributed by atoms with Crippen molar-refractivity contribution < 1.29 is 10.0 Å². The van der Waals surface area contributed by atoms with Gasteiger partial charge in [0.1, 0.15) is 5.82 Å². The number of aromatic nitrogens is 2. The second-order valence-corrected chi connectivity index (χ2v) is 4.83. The first-order valence-electron chi connectivity index (χ1n) is 6.56. The molecular formula is C14H15N5O2. The van der Waals surface area contributed by atoms with E-state index in [-0.39, 0.29) is 11.7 Å². The number of nitrogens with zero attached hydrogens (tertiary/aromatic N) is 4. The predicted octanol–water partition coefficient (Wildman–Crippen LogP) is 0.634. The Morgan fingerprint density at radius 2 is 2.14 bits per heavy atom. The summed E-state index contributed by atoms with van der Waals surface area (Å²) in [6.07, 6.45) is 3.65. The summed E-state index contributed by atoms with van der Waals surface area (Å²) >= 11 is 0. The molecule has 3 N–H and O–H groups in total. The second kappa shape index (κ2) is 5.28. The van der Waals surface area contributed by atoms with Crippen LogP contribution in [0.3, 0.4) is 0 Å². The number of carbonyl (C=O) groups excluding carboxylic acids is 1. The minimum Gasteiger partial charge on any atom is -0.409 e. The van der Waals surface area contributed by atoms with Gasteiger partial charge in [-0.25, -0.2) is 4.98 Å². The van der Waals surface area contributed by atoms with Crippen LogP contribution in [-0.4, -0.2) is 37.9 Å². The molecule has 1 aliphatic heterocycles. The van der Waals surface area contributed by atoms with Crippen molar-refractivity contribution in [3.05, 3.63) is 53.6 Å². The zero-order chi connectivity index (χ0) is 14.8. The fraction of sp³-hybridized carbons (Fsp3) is 0.214. The minimum absolute atomic E-state index is 0.0150. The number of imidazole rings is 1. The molecule has 7 heteroatoms. The lowest BCUT2D eigenvalue weighted by Gasteiger charge is -2.27. The largest absolute Gasteiger partial charge is 0.409 e. The van der Waals surface area contributed by atoms with E-state index in [9.17, 15) is 4.79 Å². The summed E-state index contributed by atoms with van der Waals surface area (Å²) in [7, 11) is 0. The molecule has 1 aromatic heterocycles. The summed E-state index contributed by atoms with van der Waals surface area (Å²) in [6.45, 7) is 1.86. The molecule has 0 fully saturated rings. The van der Waals surface area contributed by atoms with Crippen LogP contribution in [0.5, 0.6) is 0 Å². The third kappa shape index (κ3) is 2.45. The van der Waals surface area contributed by atoms with E-state index in [1.807, 2.05) is 10.8 Å². The third-order valence-corrected chi connectivity index (χ3v) is 3.55. The van der Waals surface area contributed by atoms with Crippen molar-refractivity contribution in [2.45, 2.75) is 13.1 Å². The summed E-state index contributed by atoms with van der Waals surface area (Å²) in [5.74, 6) is 0.776. The highest BCUT2D eigenvalue weighted by atomic mass is 16.4. The molecule has 0 unspecified atom stereocenters. The highest BCUT2D eigenvalue weighted by Crippen LogP contribution is 2.15. The van der Waals surface area contributed by atoms with E-state index in [2.05, 4.69) is 10.1 Å². The SMILES string of the molecule is NC(=NO)c1cccc(C(=O)N2CCn3ccnc3C2)c1. The number of amides is 1. The molecule has 0 spiro atoms. The average Bonchev–Trinajstić information content (AvgIpc) is 3.01. The minimum atomic E-state index is -0.0863. The first kappa shape index (κ1) is 13.2. The molecule has 0 atom stereocenters. The maximum absolute atomic E-state index is 12.5. The molecule has 2 aromatic rings. The monoisotopic (exact) mass is 285 g/mol. The Bertz CT molecular complexity index is 707. The predicted molar refractivity (Wildman–Crippen MR) is 75.9 cm³/mol. The first-order valence-corrected chi connectivity index (χ1v) is 6.56. The Balaban J connectivity index is 1.83. The number of carbonyl (C=O) groups is 1. The van der Waals surface area contributed by atoms with E-state index in [0.29, 0.717) is 24.2 Å². The average molecular weight is 285 g/mol. The summed E-state index contributed by atoms with van der Waals surface area (Å²) in [4.78, 5) is 18.5. The number of rotatable bonds is 2. The molecule has 0 saturated carbocycles. The van der Waals surface area contributed by atoms with Crippen LogP contribution in [0.2, 0.25) is 0 Å². The molecule has 0 radical (unpaired) electrons. The number of benzene rings is 1. The van der Waals surface area contributed by atoms with E-state index < -0.39 is 0 Å². The van der Waals surface area contributed by atoms with Gasteiger partial charge in [-0.05, 0) is 12.1 Å². The maximum Gasteiger partial charge on any atom is 0.254 e. The van der Waals surface area contributed by atoms with Crippen LogP contribution in [0.15, 0.2) is 41.8 Å². The Kier molecular flexibility index (Phi) is 3.31. The number of hydrogen-bond acceptors (Lipinski definition) is 4. The summed E-state index contributed by atoms with van der Waals surface area (Å²) in [5.41, 5.74) is 6.58. The topological polar surface area (TPSA) is 96.7 Å². The molecule has 1 amide bonds. The molecule has 2 heterocycles. The van der Waals surface area contributed by atoms with Gasteiger partial charge in [0.25, 0.3) is 5.91 Å². The highest BCUT2D eigenvalue weighted by Gasteiger charge is 2.22. The van der Waals surface area contributed by atoms with Gasteiger partial charge in [0.05, 0.1) is 6.54 Å². The van der Waals surface area contributed by atoms with E-state index in [0.717, 1.165) is 12.4 Å². The zero-order valence-electron chi connectivity index (χ0n) is 11.3. The summed E-state index contributed by atoms with van der Waals surface area (Å²) < 4.78 is 2.04. The maximum atomic E-state index is 12.5. The summed E-state index contributed by atoms with van der Waals surface area (Å²) in [6, 6.07) is 6.75. The highest BCUT2D eigenvalue weighted by molar-refractivity contribution is 6.01. The number of nitrogens with two attached hydrogens (primary N) is 1. The van der Waals surface area contributed by atoms with Gasteiger partial charge in [0, 0.05) is 36.6 Å². The van der Waals surface area contributed by atoms with Crippen molar-refractivity contribution in [1.29, 1.82) is 0 Å². The molecule has 108 valence electrons. The van der Waals surface area contributed by atoms with Gasteiger partial charge in [-0.2, -0.15) is 0 Å². The Morgan fingerprint density at radius 3 is 2.95 bits per heavy atom. The van der Waals surface area contributed by atoms with Crippen LogP contribution in [0.4, 0.5) is 0 Å². The lowest BCUT2D eigenvalue weighted by Crippen LogP contribution is -2.38. The van der Waals surface area contributed by atoms with Gasteiger partial charge in [0.15, 0.2) is 5.84 Å². The van der Waals surface area contributed by atoms with Crippen molar-refractivity contribution >= 4 is 11.7 Å². The lowest BCUT2D eigenvalue weighted by atomic mass is 10.1. The van der Waals surface area contributed by atoms with E-state index >= 15 is 0 Å². The van der Waals surface area contributed by atoms with Crippen molar-refractivity contribution in [1.82, 2.24) is 14.5 Å². The van der Waals surface area contributed by atoms with Crippen molar-refractivity contribution in [2.75, 3.05) is 6.54 Å². The normalized spacial score (nSPS) is 14.9. The number of fused-ring (bicyclic) bond motifs is 1. The van der Waals surface area contributed by atoms with Gasteiger partial charge in [-0.15, -0.1) is 0 Å². The van der Waals surface area contributed by atoms with Crippen LogP contribution in [0.25, 0.3) is 0 Å².